The van der Waals surface area contributed by atoms with Crippen molar-refractivity contribution >= 4 is 22.5 Å². The van der Waals surface area contributed by atoms with E-state index in [1.165, 1.54) is 0 Å². The number of aryl methyl sites for hydroxylation is 1. The number of anilines is 1. The molecule has 1 amide bonds. The molecule has 1 aromatic heterocycles. The summed E-state index contributed by atoms with van der Waals surface area (Å²) in [7, 11) is 0. The third-order valence-corrected chi connectivity index (χ3v) is 4.78. The Morgan fingerprint density at radius 3 is 2.88 bits per heavy atom. The van der Waals surface area contributed by atoms with E-state index in [1.807, 2.05) is 21.6 Å². The summed E-state index contributed by atoms with van der Waals surface area (Å²) in [5.74, 6) is 0.313. The van der Waals surface area contributed by atoms with Crippen LogP contribution < -0.4 is 11.2 Å². The van der Waals surface area contributed by atoms with Gasteiger partial charge in [0.05, 0.1) is 10.9 Å². The minimum Gasteiger partial charge on any atom is -0.398 e. The van der Waals surface area contributed by atoms with Crippen LogP contribution in [0.4, 0.5) is 5.69 Å². The van der Waals surface area contributed by atoms with Gasteiger partial charge in [0, 0.05) is 31.5 Å². The number of benzene rings is 1. The highest BCUT2D eigenvalue weighted by atomic mass is 16.2. The first-order chi connectivity index (χ1) is 11.5. The molecule has 2 N–H and O–H groups in total. The van der Waals surface area contributed by atoms with E-state index in [-0.39, 0.29) is 16.9 Å². The summed E-state index contributed by atoms with van der Waals surface area (Å²) in [4.78, 5) is 27.7. The Kier molecular flexibility index (Phi) is 4.60. The van der Waals surface area contributed by atoms with Crippen LogP contribution in [0, 0.1) is 5.92 Å². The molecule has 1 atom stereocenters. The molecule has 5 heteroatoms. The molecular formula is C19H25N3O2. The Morgan fingerprint density at radius 1 is 1.38 bits per heavy atom. The maximum atomic E-state index is 12.9. The summed E-state index contributed by atoms with van der Waals surface area (Å²) in [6.45, 7) is 6.40. The van der Waals surface area contributed by atoms with Gasteiger partial charge >= 0.3 is 0 Å². The van der Waals surface area contributed by atoms with Crippen LogP contribution in [0.3, 0.4) is 0 Å². The predicted octanol–water partition coefficient (Wildman–Crippen LogP) is 2.87. The van der Waals surface area contributed by atoms with Gasteiger partial charge in [-0.2, -0.15) is 0 Å². The Morgan fingerprint density at radius 2 is 2.17 bits per heavy atom. The second-order valence-corrected chi connectivity index (χ2v) is 6.81. The molecule has 0 spiro atoms. The average Bonchev–Trinajstić information content (AvgIpc) is 2.57. The number of pyridine rings is 1. The number of rotatable bonds is 3. The number of amides is 1. The second-order valence-electron chi connectivity index (χ2n) is 6.81. The third-order valence-electron chi connectivity index (χ3n) is 4.78. The van der Waals surface area contributed by atoms with E-state index < -0.39 is 0 Å². The van der Waals surface area contributed by atoms with E-state index in [4.69, 9.17) is 5.73 Å². The second kappa shape index (κ2) is 6.67. The van der Waals surface area contributed by atoms with Crippen molar-refractivity contribution in [1.29, 1.82) is 0 Å². The lowest BCUT2D eigenvalue weighted by Gasteiger charge is -2.31. The zero-order chi connectivity index (χ0) is 17.3. The normalized spacial score (nSPS) is 18.1. The molecule has 0 saturated carbocycles. The molecule has 2 heterocycles. The average molecular weight is 327 g/mol. The molecule has 128 valence electrons. The van der Waals surface area contributed by atoms with Gasteiger partial charge in [-0.15, -0.1) is 0 Å². The predicted molar refractivity (Wildman–Crippen MR) is 97.2 cm³/mol. The van der Waals surface area contributed by atoms with Crippen LogP contribution in [0.2, 0.25) is 0 Å². The molecule has 1 aliphatic heterocycles. The Bertz CT molecular complexity index is 825. The lowest BCUT2D eigenvalue weighted by Crippen LogP contribution is -2.41. The SMILES string of the molecule is CCCn1cc(C(=O)N2CCCC(C)C2)c(=O)c2c(N)cccc21. The van der Waals surface area contributed by atoms with Crippen molar-refractivity contribution < 1.29 is 4.79 Å². The van der Waals surface area contributed by atoms with Gasteiger partial charge in [0.25, 0.3) is 5.91 Å². The van der Waals surface area contributed by atoms with Crippen LogP contribution in [0.25, 0.3) is 10.9 Å². The fourth-order valence-electron chi connectivity index (χ4n) is 3.59. The topological polar surface area (TPSA) is 68.3 Å². The van der Waals surface area contributed by atoms with Crippen molar-refractivity contribution in [2.75, 3.05) is 18.8 Å². The molecule has 1 saturated heterocycles. The number of piperidine rings is 1. The number of nitrogens with zero attached hydrogens (tertiary/aromatic N) is 2. The minimum absolute atomic E-state index is 0.165. The van der Waals surface area contributed by atoms with E-state index in [1.54, 1.807) is 12.3 Å². The molecule has 2 aromatic rings. The first-order valence-electron chi connectivity index (χ1n) is 8.73. The van der Waals surface area contributed by atoms with Crippen LogP contribution in [-0.4, -0.2) is 28.5 Å². The van der Waals surface area contributed by atoms with Crippen LogP contribution in [-0.2, 0) is 6.54 Å². The Balaban J connectivity index is 2.14. The monoisotopic (exact) mass is 327 g/mol. The number of hydrogen-bond acceptors (Lipinski definition) is 3. The van der Waals surface area contributed by atoms with Crippen molar-refractivity contribution in [3.8, 4) is 0 Å². The number of carbonyl (C=O) groups excluding carboxylic acids is 1. The first-order valence-corrected chi connectivity index (χ1v) is 8.73. The van der Waals surface area contributed by atoms with Crippen LogP contribution in [0.15, 0.2) is 29.2 Å². The van der Waals surface area contributed by atoms with Crippen molar-refractivity contribution in [1.82, 2.24) is 9.47 Å². The summed E-state index contributed by atoms with van der Waals surface area (Å²) in [6, 6.07) is 5.45. The number of carbonyl (C=O) groups is 1. The summed E-state index contributed by atoms with van der Waals surface area (Å²) in [6.07, 6.45) is 4.76. The van der Waals surface area contributed by atoms with E-state index in [0.29, 0.717) is 23.5 Å². The number of likely N-dealkylation sites (tertiary alicyclic amines) is 1. The fraction of sp³-hybridized carbons (Fsp3) is 0.474. The molecular weight excluding hydrogens is 302 g/mol. The molecule has 1 fully saturated rings. The lowest BCUT2D eigenvalue weighted by molar-refractivity contribution is 0.0681. The quantitative estimate of drug-likeness (QED) is 0.881. The molecule has 0 bridgehead atoms. The van der Waals surface area contributed by atoms with Gasteiger partial charge in [-0.1, -0.05) is 19.9 Å². The summed E-state index contributed by atoms with van der Waals surface area (Å²) in [5.41, 5.74) is 7.27. The number of nitrogens with two attached hydrogens (primary N) is 1. The Labute approximate surface area is 142 Å². The molecule has 1 unspecified atom stereocenters. The largest absolute Gasteiger partial charge is 0.398 e. The standard InChI is InChI=1S/C19H25N3O2/c1-3-9-21-12-14(19(24)22-10-5-6-13(2)11-22)18(23)17-15(20)7-4-8-16(17)21/h4,7-8,12-13H,3,5-6,9-11,20H2,1-2H3. The van der Waals surface area contributed by atoms with E-state index in [9.17, 15) is 9.59 Å². The molecule has 1 aromatic carbocycles. The van der Waals surface area contributed by atoms with Crippen molar-refractivity contribution in [2.45, 2.75) is 39.7 Å². The summed E-state index contributed by atoms with van der Waals surface area (Å²) >= 11 is 0. The van der Waals surface area contributed by atoms with Gasteiger partial charge in [0.2, 0.25) is 5.43 Å². The van der Waals surface area contributed by atoms with Gasteiger partial charge in [-0.3, -0.25) is 9.59 Å². The van der Waals surface area contributed by atoms with E-state index in [0.717, 1.165) is 37.9 Å². The van der Waals surface area contributed by atoms with Gasteiger partial charge in [-0.05, 0) is 37.3 Å². The van der Waals surface area contributed by atoms with Gasteiger partial charge in [0.1, 0.15) is 5.56 Å². The maximum absolute atomic E-state index is 12.9. The molecule has 0 radical (unpaired) electrons. The minimum atomic E-state index is -0.251. The molecule has 24 heavy (non-hydrogen) atoms. The first kappa shape index (κ1) is 16.6. The Hall–Kier alpha value is -2.30. The maximum Gasteiger partial charge on any atom is 0.259 e. The summed E-state index contributed by atoms with van der Waals surface area (Å²) < 4.78 is 1.98. The highest BCUT2D eigenvalue weighted by Crippen LogP contribution is 2.21. The van der Waals surface area contributed by atoms with Crippen LogP contribution in [0.5, 0.6) is 0 Å². The molecule has 5 nitrogen and oxygen atoms in total. The van der Waals surface area contributed by atoms with Crippen molar-refractivity contribution in [3.05, 3.63) is 40.2 Å². The zero-order valence-corrected chi connectivity index (χ0v) is 14.4. The van der Waals surface area contributed by atoms with Crippen molar-refractivity contribution in [2.24, 2.45) is 5.92 Å². The number of fused-ring (bicyclic) bond motifs is 1. The smallest absolute Gasteiger partial charge is 0.259 e. The van der Waals surface area contributed by atoms with Gasteiger partial charge in [0.15, 0.2) is 0 Å². The van der Waals surface area contributed by atoms with E-state index in [2.05, 4.69) is 13.8 Å². The number of nitrogen functional groups attached to an aromatic ring is 1. The molecule has 3 rings (SSSR count). The number of aromatic nitrogens is 1. The van der Waals surface area contributed by atoms with E-state index >= 15 is 0 Å². The van der Waals surface area contributed by atoms with Gasteiger partial charge in [-0.25, -0.2) is 0 Å². The zero-order valence-electron chi connectivity index (χ0n) is 14.4. The highest BCUT2D eigenvalue weighted by molar-refractivity contribution is 6.00. The lowest BCUT2D eigenvalue weighted by atomic mass is 9.99. The molecule has 1 aliphatic rings. The van der Waals surface area contributed by atoms with Crippen molar-refractivity contribution in [3.63, 3.8) is 0 Å². The molecule has 0 aliphatic carbocycles. The fourth-order valence-corrected chi connectivity index (χ4v) is 3.59. The third kappa shape index (κ3) is 2.90. The highest BCUT2D eigenvalue weighted by Gasteiger charge is 2.25. The van der Waals surface area contributed by atoms with Crippen LogP contribution >= 0.6 is 0 Å². The summed E-state index contributed by atoms with van der Waals surface area (Å²) in [5, 5.41) is 0.460. The van der Waals surface area contributed by atoms with Crippen LogP contribution in [0.1, 0.15) is 43.5 Å². The van der Waals surface area contributed by atoms with Gasteiger partial charge < -0.3 is 15.2 Å². The number of hydrogen-bond donors (Lipinski definition) is 1.